The third-order valence-corrected chi connectivity index (χ3v) is 5.46. The van der Waals surface area contributed by atoms with E-state index in [-0.39, 0.29) is 33.2 Å². The second kappa shape index (κ2) is 9.14. The first-order chi connectivity index (χ1) is 15.8. The molecule has 0 bridgehead atoms. The highest BCUT2D eigenvalue weighted by molar-refractivity contribution is 5.90. The quantitative estimate of drug-likeness (QED) is 0.263. The molecule has 6 heteroatoms. The average Bonchev–Trinajstić information content (AvgIpc) is 2.75. The maximum Gasteiger partial charge on any atom is 0.271 e. The maximum atomic E-state index is 15.0. The molecule has 0 amide bonds. The predicted molar refractivity (Wildman–Crippen MR) is 119 cm³/mol. The van der Waals surface area contributed by atoms with E-state index in [1.54, 1.807) is 6.07 Å². The van der Waals surface area contributed by atoms with Crippen LogP contribution in [-0.2, 0) is 6.42 Å². The van der Waals surface area contributed by atoms with E-state index >= 15 is 0 Å². The molecule has 33 heavy (non-hydrogen) atoms. The highest BCUT2D eigenvalue weighted by Gasteiger charge is 2.17. The number of hydrogen-bond donors (Lipinski definition) is 0. The first-order valence-corrected chi connectivity index (χ1v) is 10.3. The van der Waals surface area contributed by atoms with Gasteiger partial charge in [-0.25, -0.2) is 17.6 Å². The minimum Gasteiger partial charge on any atom is -0.206 e. The Bertz CT molecular complexity index is 1360. The van der Waals surface area contributed by atoms with Crippen LogP contribution in [0, 0.1) is 23.3 Å². The second-order valence-corrected chi connectivity index (χ2v) is 7.72. The van der Waals surface area contributed by atoms with E-state index < -0.39 is 29.3 Å². The molecule has 0 aromatic heterocycles. The van der Waals surface area contributed by atoms with Gasteiger partial charge in [-0.15, -0.1) is 0 Å². The van der Waals surface area contributed by atoms with Gasteiger partial charge in [-0.3, -0.25) is 0 Å². The molecule has 0 spiro atoms. The standard InChI is InChI=1S/C27H18F6/c1-2-3-15-4-8-20(22(28)10-15)19-12-23(29)26(24(30)13-19)17-7-9-21-16(11-17)5-6-18(27(21)33)14-25(31)32/h4-14H,2-3H2,1H3. The number of fused-ring (bicyclic) bond motifs is 1. The zero-order valence-corrected chi connectivity index (χ0v) is 17.5. The van der Waals surface area contributed by atoms with E-state index in [1.807, 2.05) is 6.92 Å². The van der Waals surface area contributed by atoms with Crippen molar-refractivity contribution in [2.75, 3.05) is 0 Å². The van der Waals surface area contributed by atoms with Crippen LogP contribution in [0.25, 0.3) is 39.1 Å². The minimum absolute atomic E-state index is 0.0421. The van der Waals surface area contributed by atoms with Crippen LogP contribution < -0.4 is 0 Å². The number of hydrogen-bond acceptors (Lipinski definition) is 0. The molecule has 0 N–H and O–H groups in total. The molecule has 0 heterocycles. The summed E-state index contributed by atoms with van der Waals surface area (Å²) in [6.07, 6.45) is -0.0844. The van der Waals surface area contributed by atoms with Crippen LogP contribution >= 0.6 is 0 Å². The molecular weight excluding hydrogens is 438 g/mol. The number of rotatable bonds is 5. The van der Waals surface area contributed by atoms with E-state index in [4.69, 9.17) is 0 Å². The monoisotopic (exact) mass is 456 g/mol. The Labute approximate surface area is 186 Å². The Morgan fingerprint density at radius 3 is 2.12 bits per heavy atom. The fraction of sp³-hybridized carbons (Fsp3) is 0.111. The van der Waals surface area contributed by atoms with Gasteiger partial charge in [-0.1, -0.05) is 49.7 Å². The summed E-state index contributed by atoms with van der Waals surface area (Å²) in [5, 5.41) is 0.335. The molecule has 0 unspecified atom stereocenters. The molecule has 0 saturated carbocycles. The SMILES string of the molecule is CCCc1ccc(-c2cc(F)c(-c3ccc4c(F)c(C=C(F)F)ccc4c3)c(F)c2)c(F)c1. The summed E-state index contributed by atoms with van der Waals surface area (Å²) in [5.74, 6) is -3.23. The van der Waals surface area contributed by atoms with Crippen LogP contribution in [0.4, 0.5) is 26.3 Å². The van der Waals surface area contributed by atoms with Gasteiger partial charge in [0.15, 0.2) is 0 Å². The Hall–Kier alpha value is -3.54. The fourth-order valence-electron chi connectivity index (χ4n) is 3.93. The van der Waals surface area contributed by atoms with Crippen molar-refractivity contribution in [2.24, 2.45) is 0 Å². The molecule has 168 valence electrons. The normalized spacial score (nSPS) is 11.1. The number of halogens is 6. The number of aryl methyl sites for hydroxylation is 1. The predicted octanol–water partition coefficient (Wildman–Crippen LogP) is 8.92. The van der Waals surface area contributed by atoms with Crippen LogP contribution in [0.2, 0.25) is 0 Å². The lowest BCUT2D eigenvalue weighted by Gasteiger charge is -2.12. The Kier molecular flexibility index (Phi) is 6.27. The van der Waals surface area contributed by atoms with Crippen molar-refractivity contribution in [3.8, 4) is 22.3 Å². The lowest BCUT2D eigenvalue weighted by atomic mass is 9.95. The molecule has 0 aliphatic carbocycles. The van der Waals surface area contributed by atoms with E-state index in [2.05, 4.69) is 0 Å². The van der Waals surface area contributed by atoms with E-state index in [0.717, 1.165) is 24.1 Å². The summed E-state index contributed by atoms with van der Waals surface area (Å²) in [7, 11) is 0. The van der Waals surface area contributed by atoms with Gasteiger partial charge in [0.05, 0.1) is 5.56 Å². The lowest BCUT2D eigenvalue weighted by molar-refractivity contribution is 0.429. The van der Waals surface area contributed by atoms with Gasteiger partial charge in [-0.2, -0.15) is 8.78 Å². The zero-order chi connectivity index (χ0) is 23.7. The largest absolute Gasteiger partial charge is 0.271 e. The molecule has 4 aromatic rings. The van der Waals surface area contributed by atoms with Crippen molar-refractivity contribution in [2.45, 2.75) is 19.8 Å². The van der Waals surface area contributed by atoms with Crippen molar-refractivity contribution in [1.29, 1.82) is 0 Å². The molecule has 0 fully saturated rings. The summed E-state index contributed by atoms with van der Waals surface area (Å²) in [6, 6.07) is 13.2. The zero-order valence-electron chi connectivity index (χ0n) is 17.5. The molecular formula is C27H18F6. The van der Waals surface area contributed by atoms with E-state index in [0.29, 0.717) is 17.9 Å². The average molecular weight is 456 g/mol. The van der Waals surface area contributed by atoms with Crippen molar-refractivity contribution in [1.82, 2.24) is 0 Å². The summed E-state index contributed by atoms with van der Waals surface area (Å²) >= 11 is 0. The third-order valence-electron chi connectivity index (χ3n) is 5.46. The summed E-state index contributed by atoms with van der Waals surface area (Å²) in [6.45, 7) is 1.97. The van der Waals surface area contributed by atoms with Crippen LogP contribution in [-0.4, -0.2) is 0 Å². The van der Waals surface area contributed by atoms with Gasteiger partial charge in [0.2, 0.25) is 0 Å². The van der Waals surface area contributed by atoms with Crippen molar-refractivity contribution in [3.05, 3.63) is 101 Å². The molecule has 4 rings (SSSR count). The minimum atomic E-state index is -2.04. The van der Waals surface area contributed by atoms with Crippen molar-refractivity contribution in [3.63, 3.8) is 0 Å². The molecule has 0 aliphatic heterocycles. The topological polar surface area (TPSA) is 0 Å². The molecule has 0 radical (unpaired) electrons. The van der Waals surface area contributed by atoms with Gasteiger partial charge in [0.1, 0.15) is 23.3 Å². The molecule has 0 atom stereocenters. The molecule has 4 aromatic carbocycles. The van der Waals surface area contributed by atoms with Crippen LogP contribution in [0.3, 0.4) is 0 Å². The number of benzene rings is 4. The van der Waals surface area contributed by atoms with Gasteiger partial charge < -0.3 is 0 Å². The van der Waals surface area contributed by atoms with Crippen LogP contribution in [0.5, 0.6) is 0 Å². The first kappa shape index (κ1) is 22.6. The van der Waals surface area contributed by atoms with Gasteiger partial charge in [0, 0.05) is 22.6 Å². The smallest absolute Gasteiger partial charge is 0.206 e. The molecule has 0 aliphatic rings. The van der Waals surface area contributed by atoms with Crippen LogP contribution in [0.1, 0.15) is 24.5 Å². The highest BCUT2D eigenvalue weighted by atomic mass is 19.3. The molecule has 0 saturated heterocycles. The molecule has 0 nitrogen and oxygen atoms in total. The summed E-state index contributed by atoms with van der Waals surface area (Å²) < 4.78 is 84.0. The van der Waals surface area contributed by atoms with E-state index in [9.17, 15) is 26.3 Å². The second-order valence-electron chi connectivity index (χ2n) is 7.72. The lowest BCUT2D eigenvalue weighted by Crippen LogP contribution is -1.95. The summed E-state index contributed by atoms with van der Waals surface area (Å²) in [4.78, 5) is 0. The highest BCUT2D eigenvalue weighted by Crippen LogP contribution is 2.34. The van der Waals surface area contributed by atoms with Crippen molar-refractivity contribution < 1.29 is 26.3 Å². The Balaban J connectivity index is 1.76. The first-order valence-electron chi connectivity index (χ1n) is 10.3. The van der Waals surface area contributed by atoms with E-state index in [1.165, 1.54) is 42.5 Å². The van der Waals surface area contributed by atoms with Crippen molar-refractivity contribution >= 4 is 16.8 Å². The van der Waals surface area contributed by atoms with Gasteiger partial charge in [0.25, 0.3) is 6.08 Å². The third kappa shape index (κ3) is 4.51. The summed E-state index contributed by atoms with van der Waals surface area (Å²) in [5.41, 5.74) is 0.452. The van der Waals surface area contributed by atoms with Gasteiger partial charge in [-0.05, 0) is 52.8 Å². The Morgan fingerprint density at radius 1 is 0.758 bits per heavy atom. The fourth-order valence-corrected chi connectivity index (χ4v) is 3.93. The van der Waals surface area contributed by atoms with Gasteiger partial charge >= 0.3 is 0 Å². The Morgan fingerprint density at radius 2 is 1.48 bits per heavy atom. The van der Waals surface area contributed by atoms with Crippen LogP contribution in [0.15, 0.2) is 66.7 Å². The maximum absolute atomic E-state index is 15.0.